The predicted octanol–water partition coefficient (Wildman–Crippen LogP) is 1.89. The zero-order valence-corrected chi connectivity index (χ0v) is 9.99. The van der Waals surface area contributed by atoms with Crippen molar-refractivity contribution in [3.63, 3.8) is 0 Å². The van der Waals surface area contributed by atoms with Crippen LogP contribution in [0.5, 0.6) is 5.75 Å². The molecule has 0 saturated carbocycles. The maximum absolute atomic E-state index is 10.9. The molecule has 0 saturated heterocycles. The number of aromatic nitrogens is 1. The van der Waals surface area contributed by atoms with Crippen LogP contribution in [0.15, 0.2) is 30.5 Å². The van der Waals surface area contributed by atoms with Gasteiger partial charge in [-0.2, -0.15) is 0 Å². The van der Waals surface area contributed by atoms with E-state index in [2.05, 4.69) is 0 Å². The van der Waals surface area contributed by atoms with E-state index in [1.54, 1.807) is 11.5 Å². The first kappa shape index (κ1) is 12.7. The van der Waals surface area contributed by atoms with Gasteiger partial charge >= 0.3 is 11.9 Å². The Bertz CT molecular complexity index is 672. The lowest BCUT2D eigenvalue weighted by atomic mass is 10.1. The van der Waals surface area contributed by atoms with E-state index >= 15 is 0 Å². The molecule has 19 heavy (non-hydrogen) atoms. The topological polar surface area (TPSA) is 99.8 Å². The fourth-order valence-electron chi connectivity index (χ4n) is 1.86. The van der Waals surface area contributed by atoms with Crippen molar-refractivity contribution in [2.24, 2.45) is 0 Å². The summed E-state index contributed by atoms with van der Waals surface area (Å²) >= 11 is 0. The van der Waals surface area contributed by atoms with Crippen LogP contribution in [0.2, 0.25) is 0 Å². The number of carboxylic acid groups (broad SMARTS) is 2. The summed E-state index contributed by atoms with van der Waals surface area (Å²) in [4.78, 5) is 21.9. The molecule has 2 aromatic rings. The average molecular weight is 261 g/mol. The van der Waals surface area contributed by atoms with Crippen LogP contribution in [-0.4, -0.2) is 31.8 Å². The summed E-state index contributed by atoms with van der Waals surface area (Å²) in [5.74, 6) is -2.63. The molecule has 0 bridgehead atoms. The summed E-state index contributed by atoms with van der Waals surface area (Å²) in [6.45, 7) is 1.62. The minimum Gasteiger partial charge on any atom is -0.507 e. The first-order valence-corrected chi connectivity index (χ1v) is 5.39. The maximum atomic E-state index is 10.9. The fourth-order valence-corrected chi connectivity index (χ4v) is 1.86. The summed E-state index contributed by atoms with van der Waals surface area (Å²) in [5, 5.41) is 27.3. The van der Waals surface area contributed by atoms with Gasteiger partial charge in [-0.25, -0.2) is 9.59 Å². The van der Waals surface area contributed by atoms with Crippen LogP contribution in [-0.2, 0) is 0 Å². The maximum Gasteiger partial charge on any atom is 0.339 e. The number of carbonyl (C=O) groups is 2. The molecule has 98 valence electrons. The number of aromatic carboxylic acids is 2. The highest BCUT2D eigenvalue weighted by atomic mass is 16.4. The van der Waals surface area contributed by atoms with Crippen LogP contribution in [0, 0.1) is 6.92 Å². The number of rotatable bonds is 3. The van der Waals surface area contributed by atoms with Gasteiger partial charge in [0.25, 0.3) is 0 Å². The molecule has 0 amide bonds. The molecule has 6 heteroatoms. The van der Waals surface area contributed by atoms with Gasteiger partial charge in [-0.1, -0.05) is 0 Å². The number of benzene rings is 1. The normalized spacial score (nSPS) is 10.4. The Morgan fingerprint density at radius 2 is 1.68 bits per heavy atom. The van der Waals surface area contributed by atoms with E-state index in [0.717, 1.165) is 0 Å². The standard InChI is InChI=1S/C13H11NO5/c1-7-9(12(16)17)4-5-14(7)8-2-3-11(15)10(6-8)13(18)19/h2-6,15H,1H3,(H,16,17)(H,18,19). The van der Waals surface area contributed by atoms with Crippen LogP contribution < -0.4 is 0 Å². The number of phenols is 1. The second kappa shape index (κ2) is 4.49. The second-order valence-corrected chi connectivity index (χ2v) is 4.00. The van der Waals surface area contributed by atoms with E-state index in [9.17, 15) is 14.7 Å². The minimum absolute atomic E-state index is 0.143. The third kappa shape index (κ3) is 2.15. The Morgan fingerprint density at radius 3 is 2.21 bits per heavy atom. The third-order valence-electron chi connectivity index (χ3n) is 2.86. The van der Waals surface area contributed by atoms with Gasteiger partial charge in [0.05, 0.1) is 5.56 Å². The van der Waals surface area contributed by atoms with E-state index in [-0.39, 0.29) is 16.9 Å². The fraction of sp³-hybridized carbons (Fsp3) is 0.0769. The van der Waals surface area contributed by atoms with E-state index in [4.69, 9.17) is 10.2 Å². The molecular formula is C13H11NO5. The average Bonchev–Trinajstić information content (AvgIpc) is 2.71. The van der Waals surface area contributed by atoms with E-state index in [1.807, 2.05) is 0 Å². The first-order chi connectivity index (χ1) is 8.91. The van der Waals surface area contributed by atoms with Crippen LogP contribution in [0.3, 0.4) is 0 Å². The van der Waals surface area contributed by atoms with E-state index < -0.39 is 11.9 Å². The van der Waals surface area contributed by atoms with Gasteiger partial charge in [0.2, 0.25) is 0 Å². The van der Waals surface area contributed by atoms with Gasteiger partial charge in [-0.3, -0.25) is 0 Å². The number of nitrogens with zero attached hydrogens (tertiary/aromatic N) is 1. The molecule has 3 N–H and O–H groups in total. The Kier molecular flexibility index (Phi) is 3.00. The summed E-state index contributed by atoms with van der Waals surface area (Å²) in [5.41, 5.74) is 0.863. The van der Waals surface area contributed by atoms with E-state index in [1.165, 1.54) is 30.5 Å². The lowest BCUT2D eigenvalue weighted by Gasteiger charge is -2.08. The van der Waals surface area contributed by atoms with Crippen LogP contribution in [0.4, 0.5) is 0 Å². The molecule has 0 aliphatic heterocycles. The zero-order chi connectivity index (χ0) is 14.2. The van der Waals surface area contributed by atoms with Crippen molar-refractivity contribution >= 4 is 11.9 Å². The number of aromatic hydroxyl groups is 1. The van der Waals surface area contributed by atoms with Crippen LogP contribution in [0.1, 0.15) is 26.4 Å². The van der Waals surface area contributed by atoms with Crippen molar-refractivity contribution in [3.8, 4) is 11.4 Å². The number of carboxylic acids is 2. The van der Waals surface area contributed by atoms with Crippen molar-refractivity contribution in [1.82, 2.24) is 4.57 Å². The van der Waals surface area contributed by atoms with Gasteiger partial charge < -0.3 is 19.9 Å². The van der Waals surface area contributed by atoms with Gasteiger partial charge in [0, 0.05) is 17.6 Å². The largest absolute Gasteiger partial charge is 0.507 e. The lowest BCUT2D eigenvalue weighted by molar-refractivity contribution is 0.0683. The number of hydrogen-bond acceptors (Lipinski definition) is 3. The highest BCUT2D eigenvalue weighted by molar-refractivity contribution is 5.92. The highest BCUT2D eigenvalue weighted by Gasteiger charge is 2.15. The third-order valence-corrected chi connectivity index (χ3v) is 2.86. The van der Waals surface area contributed by atoms with Gasteiger partial charge in [-0.05, 0) is 31.2 Å². The molecule has 0 radical (unpaired) electrons. The molecule has 0 spiro atoms. The van der Waals surface area contributed by atoms with Gasteiger partial charge in [0.1, 0.15) is 11.3 Å². The quantitative estimate of drug-likeness (QED) is 0.783. The first-order valence-electron chi connectivity index (χ1n) is 5.39. The van der Waals surface area contributed by atoms with Crippen molar-refractivity contribution in [2.45, 2.75) is 6.92 Å². The molecule has 0 fully saturated rings. The van der Waals surface area contributed by atoms with Crippen LogP contribution >= 0.6 is 0 Å². The van der Waals surface area contributed by atoms with Crippen molar-refractivity contribution < 1.29 is 24.9 Å². The monoisotopic (exact) mass is 261 g/mol. The molecule has 0 aliphatic rings. The highest BCUT2D eigenvalue weighted by Crippen LogP contribution is 2.23. The summed E-state index contributed by atoms with van der Waals surface area (Å²) in [7, 11) is 0. The smallest absolute Gasteiger partial charge is 0.339 e. The molecule has 6 nitrogen and oxygen atoms in total. The van der Waals surface area contributed by atoms with Crippen molar-refractivity contribution in [3.05, 3.63) is 47.3 Å². The Hall–Kier alpha value is -2.76. The molecular weight excluding hydrogens is 250 g/mol. The van der Waals surface area contributed by atoms with E-state index in [0.29, 0.717) is 11.4 Å². The molecule has 1 aromatic carbocycles. The SMILES string of the molecule is Cc1c(C(=O)O)ccn1-c1ccc(O)c(C(=O)O)c1. The summed E-state index contributed by atoms with van der Waals surface area (Å²) < 4.78 is 1.55. The Balaban J connectivity index is 2.57. The molecule has 2 rings (SSSR count). The molecule has 0 atom stereocenters. The summed E-state index contributed by atoms with van der Waals surface area (Å²) in [6.07, 6.45) is 1.54. The minimum atomic E-state index is -1.25. The van der Waals surface area contributed by atoms with Crippen molar-refractivity contribution in [1.29, 1.82) is 0 Å². The predicted molar refractivity (Wildman–Crippen MR) is 66.1 cm³/mol. The number of hydrogen-bond donors (Lipinski definition) is 3. The van der Waals surface area contributed by atoms with Gasteiger partial charge in [-0.15, -0.1) is 0 Å². The molecule has 1 aromatic heterocycles. The molecule has 0 unspecified atom stereocenters. The van der Waals surface area contributed by atoms with Crippen LogP contribution in [0.25, 0.3) is 5.69 Å². The molecule has 1 heterocycles. The second-order valence-electron chi connectivity index (χ2n) is 4.00. The Labute approximate surface area is 108 Å². The molecule has 0 aliphatic carbocycles. The lowest BCUT2D eigenvalue weighted by Crippen LogP contribution is -2.03. The Morgan fingerprint density at radius 1 is 1.05 bits per heavy atom. The van der Waals surface area contributed by atoms with Crippen molar-refractivity contribution in [2.75, 3.05) is 0 Å². The summed E-state index contributed by atoms with van der Waals surface area (Å²) in [6, 6.07) is 5.50. The van der Waals surface area contributed by atoms with Gasteiger partial charge in [0.15, 0.2) is 0 Å². The zero-order valence-electron chi connectivity index (χ0n) is 9.99.